The molecule has 0 atom stereocenters. The number of anilines is 1. The lowest BCUT2D eigenvalue weighted by molar-refractivity contribution is -0.132. The van der Waals surface area contributed by atoms with Crippen LogP contribution in [0, 0.1) is 0 Å². The molecule has 0 unspecified atom stereocenters. The van der Waals surface area contributed by atoms with Crippen LogP contribution in [0.25, 0.3) is 0 Å². The van der Waals surface area contributed by atoms with Crippen molar-refractivity contribution in [3.8, 4) is 0 Å². The minimum Gasteiger partial charge on any atom is -0.343 e. The molecule has 0 radical (unpaired) electrons. The summed E-state index contributed by atoms with van der Waals surface area (Å²) >= 11 is 11.8. The van der Waals surface area contributed by atoms with Crippen LogP contribution in [0.1, 0.15) is 15.9 Å². The van der Waals surface area contributed by atoms with E-state index >= 15 is 0 Å². The van der Waals surface area contributed by atoms with Gasteiger partial charge in [0.1, 0.15) is 0 Å². The van der Waals surface area contributed by atoms with Gasteiger partial charge in [0.25, 0.3) is 5.91 Å². The molecule has 1 fully saturated rings. The van der Waals surface area contributed by atoms with E-state index < -0.39 is 0 Å². The summed E-state index contributed by atoms with van der Waals surface area (Å²) < 4.78 is 0. The van der Waals surface area contributed by atoms with E-state index in [0.717, 1.165) is 18.7 Å². The first-order chi connectivity index (χ1) is 15.4. The van der Waals surface area contributed by atoms with E-state index in [4.69, 9.17) is 23.2 Å². The summed E-state index contributed by atoms with van der Waals surface area (Å²) in [4.78, 5) is 43.2. The van der Waals surface area contributed by atoms with Gasteiger partial charge >= 0.3 is 0 Å². The number of carbonyl (C=O) groups is 3. The highest BCUT2D eigenvalue weighted by atomic mass is 35.5. The topological polar surface area (TPSA) is 73.0 Å². The van der Waals surface area contributed by atoms with Crippen LogP contribution >= 0.6 is 23.2 Å². The Morgan fingerprint density at radius 1 is 0.875 bits per heavy atom. The van der Waals surface area contributed by atoms with Crippen molar-refractivity contribution in [3.63, 3.8) is 0 Å². The zero-order chi connectivity index (χ0) is 22.7. The van der Waals surface area contributed by atoms with Gasteiger partial charge in [0.2, 0.25) is 11.8 Å². The van der Waals surface area contributed by atoms with Crippen molar-refractivity contribution in [3.05, 3.63) is 63.6 Å². The Hall–Kier alpha value is -2.61. The fourth-order valence-corrected chi connectivity index (χ4v) is 4.33. The van der Waals surface area contributed by atoms with Crippen molar-refractivity contribution in [2.45, 2.75) is 6.42 Å². The van der Waals surface area contributed by atoms with Crippen LogP contribution in [0.15, 0.2) is 42.5 Å². The monoisotopic (exact) mass is 474 g/mol. The number of fused-ring (bicyclic) bond motifs is 1. The zero-order valence-corrected chi connectivity index (χ0v) is 19.0. The first kappa shape index (κ1) is 22.6. The highest BCUT2D eigenvalue weighted by Gasteiger charge is 2.28. The van der Waals surface area contributed by atoms with Crippen LogP contribution in [0.4, 0.5) is 5.69 Å². The van der Waals surface area contributed by atoms with Crippen molar-refractivity contribution in [2.75, 3.05) is 50.7 Å². The third-order valence-electron chi connectivity index (χ3n) is 5.85. The second kappa shape index (κ2) is 9.90. The largest absolute Gasteiger partial charge is 0.343 e. The summed E-state index contributed by atoms with van der Waals surface area (Å²) in [5, 5.41) is 3.28. The summed E-state index contributed by atoms with van der Waals surface area (Å²) in [5.74, 6) is -0.450. The average molecular weight is 475 g/mol. The van der Waals surface area contributed by atoms with Crippen LogP contribution in [-0.2, 0) is 16.0 Å². The van der Waals surface area contributed by atoms with Crippen molar-refractivity contribution in [2.24, 2.45) is 0 Å². The number of nitrogens with zero attached hydrogens (tertiary/aromatic N) is 3. The fraction of sp³-hybridized carbons (Fsp3) is 0.348. The van der Waals surface area contributed by atoms with Gasteiger partial charge in [0.05, 0.1) is 23.1 Å². The Kier molecular flexibility index (Phi) is 6.98. The van der Waals surface area contributed by atoms with E-state index in [-0.39, 0.29) is 29.3 Å². The minimum absolute atomic E-state index is 0.0867. The quantitative estimate of drug-likeness (QED) is 0.722. The first-order valence-corrected chi connectivity index (χ1v) is 11.3. The maximum Gasteiger partial charge on any atom is 0.251 e. The number of para-hydroxylation sites is 1. The van der Waals surface area contributed by atoms with Crippen LogP contribution in [-0.4, -0.2) is 73.3 Å². The normalized spacial score (nSPS) is 16.1. The SMILES string of the molecule is O=C(NCC(=O)N1CCN(CC(=O)N2CCc3ccccc32)CC1)c1ccc(Cl)c(Cl)c1. The second-order valence-corrected chi connectivity index (χ2v) is 8.71. The number of carbonyl (C=O) groups excluding carboxylic acids is 3. The van der Waals surface area contributed by atoms with E-state index in [0.29, 0.717) is 43.3 Å². The van der Waals surface area contributed by atoms with Crippen molar-refractivity contribution in [1.29, 1.82) is 0 Å². The number of amides is 3. The summed E-state index contributed by atoms with van der Waals surface area (Å²) in [5.41, 5.74) is 2.56. The lowest BCUT2D eigenvalue weighted by Crippen LogP contribution is -2.53. The Morgan fingerprint density at radius 3 is 2.38 bits per heavy atom. The molecule has 7 nitrogen and oxygen atoms in total. The maximum atomic E-state index is 12.8. The van der Waals surface area contributed by atoms with Gasteiger partial charge in [-0.05, 0) is 36.2 Å². The lowest BCUT2D eigenvalue weighted by atomic mass is 10.2. The van der Waals surface area contributed by atoms with E-state index in [1.165, 1.54) is 11.6 Å². The summed E-state index contributed by atoms with van der Waals surface area (Å²) in [6, 6.07) is 12.6. The number of piperazine rings is 1. The molecule has 2 aliphatic heterocycles. The molecule has 2 aromatic carbocycles. The van der Waals surface area contributed by atoms with Gasteiger partial charge in [-0.3, -0.25) is 19.3 Å². The molecular formula is C23H24Cl2N4O3. The Balaban J connectivity index is 1.22. The molecule has 0 aromatic heterocycles. The molecule has 9 heteroatoms. The maximum absolute atomic E-state index is 12.8. The summed E-state index contributed by atoms with van der Waals surface area (Å²) in [6.45, 7) is 3.24. The molecule has 0 bridgehead atoms. The van der Waals surface area contributed by atoms with Gasteiger partial charge in [0.15, 0.2) is 0 Å². The Bertz CT molecular complexity index is 1040. The van der Waals surface area contributed by atoms with Crippen LogP contribution in [0.3, 0.4) is 0 Å². The first-order valence-electron chi connectivity index (χ1n) is 10.5. The standard InChI is InChI=1S/C23H24Cl2N4O3/c24-18-6-5-17(13-19(18)25)23(32)26-14-21(30)28-11-9-27(10-12-28)15-22(31)29-8-7-16-3-1-2-4-20(16)29/h1-6,13H,7-12,14-15H2,(H,26,32). The highest BCUT2D eigenvalue weighted by molar-refractivity contribution is 6.42. The predicted octanol–water partition coefficient (Wildman–Crippen LogP) is 2.46. The molecule has 2 aromatic rings. The van der Waals surface area contributed by atoms with Crippen molar-refractivity contribution >= 4 is 46.6 Å². The molecule has 0 saturated carbocycles. The Labute approximate surface area is 196 Å². The smallest absolute Gasteiger partial charge is 0.251 e. The molecule has 168 valence electrons. The third-order valence-corrected chi connectivity index (χ3v) is 6.59. The molecule has 3 amide bonds. The van der Waals surface area contributed by atoms with Crippen molar-refractivity contribution < 1.29 is 14.4 Å². The zero-order valence-electron chi connectivity index (χ0n) is 17.5. The second-order valence-electron chi connectivity index (χ2n) is 7.89. The number of hydrogen-bond acceptors (Lipinski definition) is 4. The van der Waals surface area contributed by atoms with E-state index in [9.17, 15) is 14.4 Å². The van der Waals surface area contributed by atoms with Gasteiger partial charge in [-0.25, -0.2) is 0 Å². The third kappa shape index (κ3) is 5.06. The fourth-order valence-electron chi connectivity index (χ4n) is 4.04. The van der Waals surface area contributed by atoms with E-state index in [2.05, 4.69) is 16.3 Å². The molecular weight excluding hydrogens is 451 g/mol. The average Bonchev–Trinajstić information content (AvgIpc) is 3.24. The number of rotatable bonds is 5. The van der Waals surface area contributed by atoms with Crippen LogP contribution < -0.4 is 10.2 Å². The van der Waals surface area contributed by atoms with E-state index in [1.54, 1.807) is 17.0 Å². The van der Waals surface area contributed by atoms with Gasteiger partial charge in [-0.1, -0.05) is 41.4 Å². The van der Waals surface area contributed by atoms with Crippen LogP contribution in [0.2, 0.25) is 10.0 Å². The van der Waals surface area contributed by atoms with Gasteiger partial charge in [-0.15, -0.1) is 0 Å². The van der Waals surface area contributed by atoms with Gasteiger partial charge < -0.3 is 15.1 Å². The molecule has 1 saturated heterocycles. The number of hydrogen-bond donors (Lipinski definition) is 1. The van der Waals surface area contributed by atoms with Gasteiger partial charge in [-0.2, -0.15) is 0 Å². The highest BCUT2D eigenvalue weighted by Crippen LogP contribution is 2.27. The number of nitrogens with one attached hydrogen (secondary N) is 1. The molecule has 32 heavy (non-hydrogen) atoms. The molecule has 0 spiro atoms. The molecule has 1 N–H and O–H groups in total. The Morgan fingerprint density at radius 2 is 1.62 bits per heavy atom. The minimum atomic E-state index is -0.382. The van der Waals surface area contributed by atoms with Crippen molar-refractivity contribution in [1.82, 2.24) is 15.1 Å². The molecule has 0 aliphatic carbocycles. The summed E-state index contributed by atoms with van der Waals surface area (Å²) in [7, 11) is 0. The predicted molar refractivity (Wildman–Crippen MR) is 124 cm³/mol. The van der Waals surface area contributed by atoms with E-state index in [1.807, 2.05) is 23.1 Å². The number of halogens is 2. The molecule has 2 aliphatic rings. The van der Waals surface area contributed by atoms with Gasteiger partial charge in [0, 0.05) is 44.0 Å². The molecule has 2 heterocycles. The van der Waals surface area contributed by atoms with Crippen LogP contribution in [0.5, 0.6) is 0 Å². The summed E-state index contributed by atoms with van der Waals surface area (Å²) in [6.07, 6.45) is 0.887. The lowest BCUT2D eigenvalue weighted by Gasteiger charge is -2.35. The number of benzene rings is 2. The molecule has 4 rings (SSSR count).